The van der Waals surface area contributed by atoms with Crippen molar-refractivity contribution in [3.63, 3.8) is 0 Å². The van der Waals surface area contributed by atoms with Gasteiger partial charge in [0.15, 0.2) is 24.8 Å². The van der Waals surface area contributed by atoms with Crippen LogP contribution in [0.25, 0.3) is 22.5 Å². The first-order valence-electron chi connectivity index (χ1n) is 10.4. The van der Waals surface area contributed by atoms with Gasteiger partial charge in [0, 0.05) is 12.1 Å². The Balaban J connectivity index is 1.47. The molecule has 8 heteroatoms. The van der Waals surface area contributed by atoms with Crippen LogP contribution in [0.4, 0.5) is 5.69 Å². The number of ketones is 1. The third-order valence-corrected chi connectivity index (χ3v) is 5.39. The largest absolute Gasteiger partial charge is 0.482 e. The molecule has 2 aromatic carbocycles. The summed E-state index contributed by atoms with van der Waals surface area (Å²) in [5, 5.41) is 0.332. The lowest BCUT2D eigenvalue weighted by Crippen LogP contribution is -2.38. The third kappa shape index (κ3) is 3.65. The fraction of sp³-hybridized carbons (Fsp3) is 0.160. The van der Waals surface area contributed by atoms with Crippen LogP contribution in [0.1, 0.15) is 17.3 Å². The van der Waals surface area contributed by atoms with E-state index in [4.69, 9.17) is 18.3 Å². The second-order valence-corrected chi connectivity index (χ2v) is 7.38. The number of carbonyl (C=O) groups is 2. The van der Waals surface area contributed by atoms with E-state index in [1.54, 1.807) is 59.5 Å². The number of hydrogen-bond acceptors (Lipinski definition) is 7. The number of Topliss-reactive ketones (excluding diaryl/α,β-unsaturated/α-hetero) is 1. The lowest BCUT2D eigenvalue weighted by atomic mass is 10.1. The first-order chi connectivity index (χ1) is 16.1. The van der Waals surface area contributed by atoms with Gasteiger partial charge in [0.1, 0.15) is 11.3 Å². The summed E-state index contributed by atoms with van der Waals surface area (Å²) in [5.74, 6) is 0.293. The predicted molar refractivity (Wildman–Crippen MR) is 120 cm³/mol. The van der Waals surface area contributed by atoms with Crippen LogP contribution in [-0.2, 0) is 4.79 Å². The summed E-state index contributed by atoms with van der Waals surface area (Å²) in [6.07, 6.45) is 1.45. The van der Waals surface area contributed by atoms with Crippen LogP contribution >= 0.6 is 0 Å². The summed E-state index contributed by atoms with van der Waals surface area (Å²) in [7, 11) is 0. The minimum absolute atomic E-state index is 0.0372. The quantitative estimate of drug-likeness (QED) is 0.413. The Morgan fingerprint density at radius 1 is 1.09 bits per heavy atom. The lowest BCUT2D eigenvalue weighted by molar-refractivity contribution is -0.121. The van der Waals surface area contributed by atoms with Crippen molar-refractivity contribution in [3.05, 3.63) is 76.6 Å². The van der Waals surface area contributed by atoms with E-state index in [1.165, 1.54) is 6.26 Å². The zero-order chi connectivity index (χ0) is 22.9. The number of nitrogens with zero attached hydrogens (tertiary/aromatic N) is 1. The van der Waals surface area contributed by atoms with Crippen LogP contribution in [0.2, 0.25) is 0 Å². The predicted octanol–water partition coefficient (Wildman–Crippen LogP) is 4.06. The highest BCUT2D eigenvalue weighted by molar-refractivity contribution is 6.02. The molecular formula is C25H19NO7. The van der Waals surface area contributed by atoms with Gasteiger partial charge in [0.05, 0.1) is 17.3 Å². The topological polar surface area (TPSA) is 99.2 Å². The van der Waals surface area contributed by atoms with Gasteiger partial charge < -0.3 is 23.2 Å². The molecule has 0 fully saturated rings. The number of carbonyl (C=O) groups excluding carboxylic acids is 2. The van der Waals surface area contributed by atoms with E-state index in [0.29, 0.717) is 40.3 Å². The molecule has 5 rings (SSSR count). The Hall–Kier alpha value is -4.33. The molecule has 166 valence electrons. The molecule has 0 atom stereocenters. The second-order valence-electron chi connectivity index (χ2n) is 7.38. The van der Waals surface area contributed by atoms with Crippen molar-refractivity contribution in [2.24, 2.45) is 0 Å². The Morgan fingerprint density at radius 2 is 1.94 bits per heavy atom. The van der Waals surface area contributed by atoms with Gasteiger partial charge in [-0.05, 0) is 49.4 Å². The summed E-state index contributed by atoms with van der Waals surface area (Å²) in [6, 6.07) is 14.9. The maximum absolute atomic E-state index is 13.1. The molecular weight excluding hydrogens is 426 g/mol. The molecule has 0 bridgehead atoms. The van der Waals surface area contributed by atoms with E-state index in [9.17, 15) is 14.4 Å². The van der Waals surface area contributed by atoms with Crippen LogP contribution in [0.5, 0.6) is 11.5 Å². The molecule has 1 amide bonds. The molecule has 0 radical (unpaired) electrons. The van der Waals surface area contributed by atoms with Gasteiger partial charge in [-0.15, -0.1) is 0 Å². The van der Waals surface area contributed by atoms with Crippen molar-refractivity contribution in [3.8, 4) is 23.0 Å². The molecule has 0 saturated heterocycles. The number of rotatable bonds is 6. The van der Waals surface area contributed by atoms with Crippen LogP contribution in [-0.4, -0.2) is 31.4 Å². The molecule has 0 aliphatic carbocycles. The number of para-hydroxylation sites is 1. The molecule has 4 aromatic rings. The van der Waals surface area contributed by atoms with Crippen molar-refractivity contribution >= 4 is 28.3 Å². The normalized spacial score (nSPS) is 13.0. The van der Waals surface area contributed by atoms with Crippen LogP contribution in [0, 0.1) is 0 Å². The molecule has 0 spiro atoms. The minimum atomic E-state index is -0.406. The molecule has 0 saturated carbocycles. The van der Waals surface area contributed by atoms with E-state index in [2.05, 4.69) is 0 Å². The summed E-state index contributed by atoms with van der Waals surface area (Å²) in [6.45, 7) is 1.86. The average Bonchev–Trinajstić information content (AvgIpc) is 3.37. The van der Waals surface area contributed by atoms with E-state index >= 15 is 0 Å². The van der Waals surface area contributed by atoms with Crippen molar-refractivity contribution in [2.75, 3.05) is 24.7 Å². The molecule has 8 nitrogen and oxygen atoms in total. The van der Waals surface area contributed by atoms with Gasteiger partial charge in [0.25, 0.3) is 5.91 Å². The molecule has 2 aromatic heterocycles. The zero-order valence-corrected chi connectivity index (χ0v) is 17.7. The number of hydrogen-bond donors (Lipinski definition) is 0. The molecule has 0 unspecified atom stereocenters. The SMILES string of the molecule is CCN1C(=O)COc2ccc(C(=O)COc3c(-c4ccco4)oc4ccccc4c3=O)cc21. The highest BCUT2D eigenvalue weighted by Gasteiger charge is 2.26. The van der Waals surface area contributed by atoms with Gasteiger partial charge in [-0.2, -0.15) is 0 Å². The van der Waals surface area contributed by atoms with E-state index in [-0.39, 0.29) is 29.8 Å². The van der Waals surface area contributed by atoms with Crippen molar-refractivity contribution in [1.82, 2.24) is 0 Å². The van der Waals surface area contributed by atoms with Crippen molar-refractivity contribution < 1.29 is 27.9 Å². The van der Waals surface area contributed by atoms with Crippen LogP contribution < -0.4 is 19.8 Å². The Labute approximate surface area is 187 Å². The fourth-order valence-electron chi connectivity index (χ4n) is 3.77. The monoisotopic (exact) mass is 445 g/mol. The molecule has 33 heavy (non-hydrogen) atoms. The van der Waals surface area contributed by atoms with Gasteiger partial charge in [-0.1, -0.05) is 12.1 Å². The zero-order valence-electron chi connectivity index (χ0n) is 17.7. The maximum Gasteiger partial charge on any atom is 0.265 e. The maximum atomic E-state index is 13.1. The minimum Gasteiger partial charge on any atom is -0.482 e. The van der Waals surface area contributed by atoms with Crippen LogP contribution in [0.15, 0.2) is 74.5 Å². The number of amides is 1. The lowest BCUT2D eigenvalue weighted by Gasteiger charge is -2.28. The summed E-state index contributed by atoms with van der Waals surface area (Å²) >= 11 is 0. The molecule has 0 N–H and O–H groups in total. The summed E-state index contributed by atoms with van der Waals surface area (Å²) in [4.78, 5) is 39.7. The summed E-state index contributed by atoms with van der Waals surface area (Å²) < 4.78 is 22.4. The second kappa shape index (κ2) is 8.31. The standard InChI is InChI=1S/C25H19NO7/c1-2-26-17-12-15(9-10-20(17)31-14-22(26)28)18(27)13-32-25-23(29)16-6-3-4-7-19(16)33-24(25)21-8-5-11-30-21/h3-12H,2,13-14H2,1H3. The van der Waals surface area contributed by atoms with Crippen LogP contribution in [0.3, 0.4) is 0 Å². The number of anilines is 1. The number of benzene rings is 2. The van der Waals surface area contributed by atoms with E-state index in [0.717, 1.165) is 0 Å². The average molecular weight is 445 g/mol. The van der Waals surface area contributed by atoms with Gasteiger partial charge in [-0.3, -0.25) is 14.4 Å². The van der Waals surface area contributed by atoms with E-state index < -0.39 is 12.0 Å². The first kappa shape index (κ1) is 20.6. The number of ether oxygens (including phenoxy) is 2. The third-order valence-electron chi connectivity index (χ3n) is 5.39. The van der Waals surface area contributed by atoms with Crippen molar-refractivity contribution in [1.29, 1.82) is 0 Å². The Kier molecular flexibility index (Phi) is 5.18. The van der Waals surface area contributed by atoms with Gasteiger partial charge >= 0.3 is 0 Å². The number of furan rings is 1. The first-order valence-corrected chi connectivity index (χ1v) is 10.4. The van der Waals surface area contributed by atoms with Crippen molar-refractivity contribution in [2.45, 2.75) is 6.92 Å². The number of likely N-dealkylation sites (N-methyl/N-ethyl adjacent to an activating group) is 1. The Bertz CT molecular complexity index is 1420. The number of fused-ring (bicyclic) bond motifs is 2. The van der Waals surface area contributed by atoms with E-state index in [1.807, 2.05) is 6.92 Å². The highest BCUT2D eigenvalue weighted by atomic mass is 16.5. The molecule has 3 heterocycles. The Morgan fingerprint density at radius 3 is 2.73 bits per heavy atom. The van der Waals surface area contributed by atoms with Gasteiger partial charge in [0.2, 0.25) is 16.9 Å². The fourth-order valence-corrected chi connectivity index (χ4v) is 3.77. The van der Waals surface area contributed by atoms with Gasteiger partial charge in [-0.25, -0.2) is 0 Å². The smallest absolute Gasteiger partial charge is 0.265 e. The highest BCUT2D eigenvalue weighted by Crippen LogP contribution is 2.34. The molecule has 1 aliphatic rings. The molecule has 1 aliphatic heterocycles. The summed E-state index contributed by atoms with van der Waals surface area (Å²) in [5.41, 5.74) is 0.834.